The first-order chi connectivity index (χ1) is 6.27. The Labute approximate surface area is 83.1 Å². The van der Waals surface area contributed by atoms with E-state index in [4.69, 9.17) is 0 Å². The highest BCUT2D eigenvalue weighted by Gasteiger charge is 2.15. The van der Waals surface area contributed by atoms with Crippen molar-refractivity contribution in [1.29, 1.82) is 0 Å². The van der Waals surface area contributed by atoms with Crippen LogP contribution in [0.15, 0.2) is 10.8 Å². The van der Waals surface area contributed by atoms with Gasteiger partial charge in [-0.25, -0.2) is 4.98 Å². The van der Waals surface area contributed by atoms with Crippen molar-refractivity contribution < 1.29 is 5.11 Å². The molecule has 68 valence electrons. The second-order valence-electron chi connectivity index (χ2n) is 2.52. The average molecular weight is 213 g/mol. The van der Waals surface area contributed by atoms with Crippen molar-refractivity contribution in [2.75, 3.05) is 0 Å². The fourth-order valence-electron chi connectivity index (χ4n) is 0.948. The molecular weight excluding hydrogens is 206 g/mol. The summed E-state index contributed by atoms with van der Waals surface area (Å²) in [5, 5.41) is 18.0. The molecular formula is C7H7N3OS2. The topological polar surface area (TPSA) is 58.9 Å². The molecule has 0 bridgehead atoms. The summed E-state index contributed by atoms with van der Waals surface area (Å²) in [7, 11) is 0. The number of aromatic nitrogens is 3. The zero-order chi connectivity index (χ0) is 9.26. The third kappa shape index (κ3) is 1.74. The summed E-state index contributed by atoms with van der Waals surface area (Å²) >= 11 is 2.74. The third-order valence-corrected chi connectivity index (χ3v) is 2.89. The molecule has 0 aromatic carbocycles. The molecule has 1 N–H and O–H groups in total. The molecule has 0 radical (unpaired) electrons. The molecule has 0 saturated heterocycles. The van der Waals surface area contributed by atoms with Crippen LogP contribution < -0.4 is 0 Å². The first kappa shape index (κ1) is 8.74. The number of nitrogens with zero attached hydrogens (tertiary/aromatic N) is 3. The maximum atomic E-state index is 9.74. The van der Waals surface area contributed by atoms with Crippen LogP contribution in [-0.2, 0) is 0 Å². The Hall–Kier alpha value is -0.850. The summed E-state index contributed by atoms with van der Waals surface area (Å²) in [6.45, 7) is 1.90. The highest BCUT2D eigenvalue weighted by Crippen LogP contribution is 2.21. The predicted octanol–water partition coefficient (Wildman–Crippen LogP) is 1.38. The van der Waals surface area contributed by atoms with Gasteiger partial charge in [0.15, 0.2) is 0 Å². The monoisotopic (exact) mass is 213 g/mol. The summed E-state index contributed by atoms with van der Waals surface area (Å²) in [5.41, 5.74) is 1.21. The van der Waals surface area contributed by atoms with Crippen molar-refractivity contribution in [2.24, 2.45) is 0 Å². The quantitative estimate of drug-likeness (QED) is 0.819. The van der Waals surface area contributed by atoms with E-state index in [1.54, 1.807) is 5.38 Å². The van der Waals surface area contributed by atoms with Crippen molar-refractivity contribution in [3.63, 3.8) is 0 Å². The standard InChI is InChI=1S/C7H7N3OS2/c1-4-8-5(2-12-4)7(11)6-3-13-10-9-6/h2-3,7,11H,1H3. The molecule has 4 nitrogen and oxygen atoms in total. The molecule has 0 aliphatic rings. The molecule has 0 aliphatic heterocycles. The molecule has 2 aromatic rings. The van der Waals surface area contributed by atoms with E-state index in [1.165, 1.54) is 22.9 Å². The average Bonchev–Trinajstić information content (AvgIpc) is 2.72. The second-order valence-corrected chi connectivity index (χ2v) is 4.20. The predicted molar refractivity (Wildman–Crippen MR) is 50.8 cm³/mol. The van der Waals surface area contributed by atoms with Crippen LogP contribution in [0.25, 0.3) is 0 Å². The summed E-state index contributed by atoms with van der Waals surface area (Å²) < 4.78 is 3.68. The summed E-state index contributed by atoms with van der Waals surface area (Å²) in [4.78, 5) is 4.17. The minimum atomic E-state index is -0.733. The second kappa shape index (κ2) is 3.49. The molecule has 0 amide bonds. The Kier molecular flexibility index (Phi) is 2.34. The van der Waals surface area contributed by atoms with Crippen LogP contribution in [0.4, 0.5) is 0 Å². The lowest BCUT2D eigenvalue weighted by Gasteiger charge is -2.01. The van der Waals surface area contributed by atoms with Crippen LogP contribution in [0.5, 0.6) is 0 Å². The van der Waals surface area contributed by atoms with Crippen LogP contribution in [0.2, 0.25) is 0 Å². The van der Waals surface area contributed by atoms with Gasteiger partial charge in [0, 0.05) is 10.8 Å². The number of aliphatic hydroxyl groups is 1. The van der Waals surface area contributed by atoms with Gasteiger partial charge in [0.2, 0.25) is 0 Å². The van der Waals surface area contributed by atoms with Gasteiger partial charge in [0.05, 0.1) is 10.7 Å². The molecule has 2 rings (SSSR count). The van der Waals surface area contributed by atoms with Crippen LogP contribution in [-0.4, -0.2) is 19.7 Å². The minimum Gasteiger partial charge on any atom is -0.380 e. The minimum absolute atomic E-state index is 0.565. The van der Waals surface area contributed by atoms with Crippen LogP contribution >= 0.6 is 22.9 Å². The summed E-state index contributed by atoms with van der Waals surface area (Å²) in [6.07, 6.45) is -0.733. The van der Waals surface area contributed by atoms with Gasteiger partial charge in [-0.3, -0.25) is 0 Å². The maximum Gasteiger partial charge on any atom is 0.141 e. The van der Waals surface area contributed by atoms with E-state index in [0.29, 0.717) is 11.4 Å². The van der Waals surface area contributed by atoms with Gasteiger partial charge in [-0.05, 0) is 18.5 Å². The lowest BCUT2D eigenvalue weighted by atomic mass is 10.2. The molecule has 0 saturated carbocycles. The Balaban J connectivity index is 2.28. The number of hydrogen-bond donors (Lipinski definition) is 1. The Morgan fingerprint density at radius 1 is 1.38 bits per heavy atom. The number of aliphatic hydroxyl groups excluding tert-OH is 1. The van der Waals surface area contributed by atoms with Crippen molar-refractivity contribution in [3.8, 4) is 0 Å². The molecule has 6 heteroatoms. The van der Waals surface area contributed by atoms with Crippen LogP contribution in [0.1, 0.15) is 22.5 Å². The molecule has 0 aliphatic carbocycles. The van der Waals surface area contributed by atoms with Gasteiger partial charge in [0.1, 0.15) is 11.8 Å². The summed E-state index contributed by atoms with van der Waals surface area (Å²) in [6, 6.07) is 0. The summed E-state index contributed by atoms with van der Waals surface area (Å²) in [5.74, 6) is 0. The van der Waals surface area contributed by atoms with Gasteiger partial charge in [-0.15, -0.1) is 16.4 Å². The van der Waals surface area contributed by atoms with E-state index in [-0.39, 0.29) is 0 Å². The third-order valence-electron chi connectivity index (χ3n) is 1.57. The highest BCUT2D eigenvalue weighted by atomic mass is 32.1. The molecule has 13 heavy (non-hydrogen) atoms. The highest BCUT2D eigenvalue weighted by molar-refractivity contribution is 7.09. The van der Waals surface area contributed by atoms with Crippen LogP contribution in [0, 0.1) is 6.92 Å². The first-order valence-corrected chi connectivity index (χ1v) is 5.36. The Bertz CT molecular complexity index is 384. The van der Waals surface area contributed by atoms with Crippen molar-refractivity contribution in [2.45, 2.75) is 13.0 Å². The first-order valence-electron chi connectivity index (χ1n) is 3.64. The molecule has 2 aromatic heterocycles. The fourth-order valence-corrected chi connectivity index (χ4v) is 2.05. The molecule has 1 atom stereocenters. The van der Waals surface area contributed by atoms with E-state index in [1.807, 2.05) is 12.3 Å². The van der Waals surface area contributed by atoms with Gasteiger partial charge < -0.3 is 5.11 Å². The normalized spacial score (nSPS) is 13.1. The zero-order valence-corrected chi connectivity index (χ0v) is 8.47. The van der Waals surface area contributed by atoms with Gasteiger partial charge in [-0.2, -0.15) is 0 Å². The number of aryl methyl sites for hydroxylation is 1. The molecule has 0 fully saturated rings. The lowest BCUT2D eigenvalue weighted by Crippen LogP contribution is -2.00. The van der Waals surface area contributed by atoms with Crippen LogP contribution in [0.3, 0.4) is 0 Å². The molecule has 2 heterocycles. The smallest absolute Gasteiger partial charge is 0.141 e. The van der Waals surface area contributed by atoms with E-state index in [0.717, 1.165) is 5.01 Å². The van der Waals surface area contributed by atoms with E-state index in [9.17, 15) is 5.11 Å². The largest absolute Gasteiger partial charge is 0.380 e. The maximum absolute atomic E-state index is 9.74. The molecule has 0 spiro atoms. The SMILES string of the molecule is Cc1nc(C(O)c2csnn2)cs1. The van der Waals surface area contributed by atoms with Gasteiger partial charge in [-0.1, -0.05) is 4.49 Å². The van der Waals surface area contributed by atoms with Crippen molar-refractivity contribution in [1.82, 2.24) is 14.6 Å². The lowest BCUT2D eigenvalue weighted by molar-refractivity contribution is 0.211. The molecule has 1 unspecified atom stereocenters. The Morgan fingerprint density at radius 3 is 2.77 bits per heavy atom. The van der Waals surface area contributed by atoms with E-state index in [2.05, 4.69) is 14.6 Å². The van der Waals surface area contributed by atoms with Crippen molar-refractivity contribution >= 4 is 22.9 Å². The Morgan fingerprint density at radius 2 is 2.23 bits per heavy atom. The number of hydrogen-bond acceptors (Lipinski definition) is 6. The fraction of sp³-hybridized carbons (Fsp3) is 0.286. The van der Waals surface area contributed by atoms with E-state index < -0.39 is 6.10 Å². The number of rotatable bonds is 2. The number of thiazole rings is 1. The zero-order valence-electron chi connectivity index (χ0n) is 6.84. The van der Waals surface area contributed by atoms with Gasteiger partial charge in [0.25, 0.3) is 0 Å². The van der Waals surface area contributed by atoms with Gasteiger partial charge >= 0.3 is 0 Å². The van der Waals surface area contributed by atoms with Crippen molar-refractivity contribution in [3.05, 3.63) is 27.2 Å². The van der Waals surface area contributed by atoms with E-state index >= 15 is 0 Å².